The monoisotopic (exact) mass is 305 g/mol. The van der Waals surface area contributed by atoms with E-state index >= 15 is 0 Å². The second kappa shape index (κ2) is 6.72. The van der Waals surface area contributed by atoms with Gasteiger partial charge in [0, 0.05) is 5.56 Å². The molecule has 0 heterocycles. The van der Waals surface area contributed by atoms with E-state index in [0.717, 1.165) is 22.3 Å². The third kappa shape index (κ3) is 3.61. The van der Waals surface area contributed by atoms with Gasteiger partial charge in [0.1, 0.15) is 12.4 Å². The summed E-state index contributed by atoms with van der Waals surface area (Å²) in [6, 6.07) is 10.3. The van der Waals surface area contributed by atoms with E-state index < -0.39 is 0 Å². The Labute approximate surface area is 129 Å². The molecule has 21 heavy (non-hydrogen) atoms. The molecule has 0 bridgehead atoms. The zero-order valence-corrected chi connectivity index (χ0v) is 13.0. The van der Waals surface area contributed by atoms with Crippen molar-refractivity contribution < 1.29 is 9.23 Å². The first-order valence-electron chi connectivity index (χ1n) is 6.76. The van der Waals surface area contributed by atoms with E-state index in [0.29, 0.717) is 17.3 Å². The Bertz CT molecular complexity index is 682. The van der Waals surface area contributed by atoms with Gasteiger partial charge in [-0.3, -0.25) is 0 Å². The summed E-state index contributed by atoms with van der Waals surface area (Å²) in [5.74, 6) is -0.259. The van der Waals surface area contributed by atoms with Crippen molar-refractivity contribution in [1.29, 1.82) is 0 Å². The molecule has 0 fully saturated rings. The fourth-order valence-electron chi connectivity index (χ4n) is 2.09. The minimum Gasteiger partial charge on any atom is -0.396 e. The largest absolute Gasteiger partial charge is 0.396 e. The van der Waals surface area contributed by atoms with Crippen LogP contribution in [0.4, 0.5) is 4.39 Å². The van der Waals surface area contributed by atoms with E-state index in [2.05, 4.69) is 5.16 Å². The van der Waals surface area contributed by atoms with E-state index in [9.17, 15) is 4.39 Å². The van der Waals surface area contributed by atoms with E-state index in [-0.39, 0.29) is 5.82 Å². The molecule has 2 nitrogen and oxygen atoms in total. The molecule has 0 amide bonds. The van der Waals surface area contributed by atoms with Gasteiger partial charge in [-0.25, -0.2) is 4.39 Å². The molecule has 0 N–H and O–H groups in total. The maximum absolute atomic E-state index is 13.4. The Morgan fingerprint density at radius 2 is 2.00 bits per heavy atom. The fraction of sp³-hybridized carbons (Fsp3) is 0.235. The number of nitrogens with zero attached hydrogens (tertiary/aromatic N) is 1. The van der Waals surface area contributed by atoms with E-state index in [1.807, 2.05) is 39.0 Å². The van der Waals surface area contributed by atoms with Gasteiger partial charge in [-0.1, -0.05) is 35.0 Å². The Kier molecular flexibility index (Phi) is 4.97. The SMILES string of the molecule is CCO/N=C(\C)c1ccc(-c2cc(F)ccc2C)cc1Cl. The molecule has 110 valence electrons. The van der Waals surface area contributed by atoms with Crippen LogP contribution >= 0.6 is 11.6 Å². The second-order valence-corrected chi connectivity index (χ2v) is 5.16. The quantitative estimate of drug-likeness (QED) is 0.561. The molecule has 0 unspecified atom stereocenters. The van der Waals surface area contributed by atoms with Gasteiger partial charge in [0.15, 0.2) is 0 Å². The van der Waals surface area contributed by atoms with Gasteiger partial charge in [-0.2, -0.15) is 0 Å². The maximum atomic E-state index is 13.4. The van der Waals surface area contributed by atoms with Crippen molar-refractivity contribution >= 4 is 17.3 Å². The molecule has 0 aliphatic heterocycles. The Balaban J connectivity index is 2.41. The average molecular weight is 306 g/mol. The average Bonchev–Trinajstić information content (AvgIpc) is 2.47. The number of aryl methyl sites for hydroxylation is 1. The highest BCUT2D eigenvalue weighted by Crippen LogP contribution is 2.29. The zero-order chi connectivity index (χ0) is 15.4. The first-order chi connectivity index (χ1) is 10.0. The van der Waals surface area contributed by atoms with Crippen LogP contribution in [0.1, 0.15) is 25.0 Å². The van der Waals surface area contributed by atoms with Gasteiger partial charge in [0.25, 0.3) is 0 Å². The molecule has 2 aromatic rings. The molecule has 0 aliphatic rings. The number of benzene rings is 2. The van der Waals surface area contributed by atoms with Crippen molar-refractivity contribution in [1.82, 2.24) is 0 Å². The molecule has 0 spiro atoms. The van der Waals surface area contributed by atoms with Crippen molar-refractivity contribution in [3.05, 3.63) is 58.4 Å². The molecular weight excluding hydrogens is 289 g/mol. The number of hydrogen-bond donors (Lipinski definition) is 0. The van der Waals surface area contributed by atoms with E-state index in [4.69, 9.17) is 16.4 Å². The first kappa shape index (κ1) is 15.5. The highest BCUT2D eigenvalue weighted by atomic mass is 35.5. The number of hydrogen-bond acceptors (Lipinski definition) is 2. The standard InChI is InChI=1S/C17H17ClFNO/c1-4-21-20-12(3)15-8-6-13(9-17(15)18)16-10-14(19)7-5-11(16)2/h5-10H,4H2,1-3H3/b20-12+. The molecule has 0 aromatic heterocycles. The molecule has 4 heteroatoms. The lowest BCUT2D eigenvalue weighted by Crippen LogP contribution is -1.98. The summed E-state index contributed by atoms with van der Waals surface area (Å²) in [6.07, 6.45) is 0. The van der Waals surface area contributed by atoms with Gasteiger partial charge in [0.05, 0.1) is 10.7 Å². The minimum atomic E-state index is -0.259. The summed E-state index contributed by atoms with van der Waals surface area (Å²) in [7, 11) is 0. The van der Waals surface area contributed by atoms with Crippen LogP contribution in [0, 0.1) is 12.7 Å². The molecule has 0 radical (unpaired) electrons. The second-order valence-electron chi connectivity index (χ2n) is 4.75. The molecular formula is C17H17ClFNO. The maximum Gasteiger partial charge on any atom is 0.123 e. The third-order valence-electron chi connectivity index (χ3n) is 3.20. The summed E-state index contributed by atoms with van der Waals surface area (Å²) < 4.78 is 13.4. The van der Waals surface area contributed by atoms with Crippen LogP contribution in [0.5, 0.6) is 0 Å². The Morgan fingerprint density at radius 1 is 1.24 bits per heavy atom. The lowest BCUT2D eigenvalue weighted by Gasteiger charge is -2.09. The predicted octanol–water partition coefficient (Wildman–Crippen LogP) is 5.22. The van der Waals surface area contributed by atoms with Gasteiger partial charge >= 0.3 is 0 Å². The van der Waals surface area contributed by atoms with Crippen molar-refractivity contribution in [2.45, 2.75) is 20.8 Å². The third-order valence-corrected chi connectivity index (χ3v) is 3.51. The van der Waals surface area contributed by atoms with Crippen LogP contribution in [0.3, 0.4) is 0 Å². The molecule has 2 aromatic carbocycles. The lowest BCUT2D eigenvalue weighted by atomic mass is 9.98. The Hall–Kier alpha value is -1.87. The summed E-state index contributed by atoms with van der Waals surface area (Å²) >= 11 is 6.32. The van der Waals surface area contributed by atoms with Crippen LogP contribution in [-0.4, -0.2) is 12.3 Å². The smallest absolute Gasteiger partial charge is 0.123 e. The van der Waals surface area contributed by atoms with Crippen molar-refractivity contribution in [2.75, 3.05) is 6.61 Å². The first-order valence-corrected chi connectivity index (χ1v) is 7.13. The normalized spacial score (nSPS) is 11.6. The summed E-state index contributed by atoms with van der Waals surface area (Å²) in [6.45, 7) is 6.16. The van der Waals surface area contributed by atoms with Gasteiger partial charge < -0.3 is 4.84 Å². The molecule has 0 saturated heterocycles. The summed E-state index contributed by atoms with van der Waals surface area (Å²) in [5, 5.41) is 4.55. The summed E-state index contributed by atoms with van der Waals surface area (Å²) in [4.78, 5) is 5.03. The molecule has 0 saturated carbocycles. The van der Waals surface area contributed by atoms with Gasteiger partial charge in [-0.15, -0.1) is 0 Å². The molecule has 0 aliphatic carbocycles. The Morgan fingerprint density at radius 3 is 2.67 bits per heavy atom. The fourth-order valence-corrected chi connectivity index (χ4v) is 2.41. The highest BCUT2D eigenvalue weighted by molar-refractivity contribution is 6.34. The van der Waals surface area contributed by atoms with Crippen LogP contribution < -0.4 is 0 Å². The van der Waals surface area contributed by atoms with Crippen LogP contribution in [0.25, 0.3) is 11.1 Å². The van der Waals surface area contributed by atoms with Crippen LogP contribution in [0.15, 0.2) is 41.6 Å². The van der Waals surface area contributed by atoms with Gasteiger partial charge in [-0.05, 0) is 55.7 Å². The number of oxime groups is 1. The van der Waals surface area contributed by atoms with Crippen molar-refractivity contribution in [3.63, 3.8) is 0 Å². The topological polar surface area (TPSA) is 21.6 Å². The van der Waals surface area contributed by atoms with Crippen LogP contribution in [-0.2, 0) is 4.84 Å². The van der Waals surface area contributed by atoms with E-state index in [1.54, 1.807) is 6.07 Å². The number of halogens is 2. The minimum absolute atomic E-state index is 0.259. The lowest BCUT2D eigenvalue weighted by molar-refractivity contribution is 0.159. The predicted molar refractivity (Wildman–Crippen MR) is 85.4 cm³/mol. The number of rotatable bonds is 4. The van der Waals surface area contributed by atoms with Crippen LogP contribution in [0.2, 0.25) is 5.02 Å². The molecule has 0 atom stereocenters. The zero-order valence-electron chi connectivity index (χ0n) is 12.3. The summed E-state index contributed by atoms with van der Waals surface area (Å²) in [5.41, 5.74) is 4.24. The van der Waals surface area contributed by atoms with Crippen molar-refractivity contribution in [3.8, 4) is 11.1 Å². The highest BCUT2D eigenvalue weighted by Gasteiger charge is 2.09. The van der Waals surface area contributed by atoms with E-state index in [1.165, 1.54) is 12.1 Å². The van der Waals surface area contributed by atoms with Gasteiger partial charge in [0.2, 0.25) is 0 Å². The van der Waals surface area contributed by atoms with Crippen molar-refractivity contribution in [2.24, 2.45) is 5.16 Å². The molecule has 2 rings (SSSR count).